The van der Waals surface area contributed by atoms with Crippen LogP contribution in [0, 0.1) is 0 Å². The van der Waals surface area contributed by atoms with Gasteiger partial charge in [0.15, 0.2) is 0 Å². The van der Waals surface area contributed by atoms with E-state index in [9.17, 15) is 10.2 Å². The molecule has 0 amide bonds. The molecule has 0 fully saturated rings. The third-order valence-electron chi connectivity index (χ3n) is 3.45. The maximum atomic E-state index is 10.1. The Morgan fingerprint density at radius 3 is 1.54 bits per heavy atom. The molecule has 2 aromatic carbocycles. The molecule has 6 heteroatoms. The molecule has 132 valence electrons. The van der Waals surface area contributed by atoms with E-state index in [0.717, 1.165) is 20.1 Å². The van der Waals surface area contributed by atoms with Crippen LogP contribution in [0.2, 0.25) is 0 Å². The zero-order valence-corrected chi connectivity index (χ0v) is 20.3. The van der Waals surface area contributed by atoms with Crippen LogP contribution in [0.15, 0.2) is 42.2 Å². The molecule has 0 saturated carbocycles. The Balaban J connectivity index is 0.000000891. The summed E-state index contributed by atoms with van der Waals surface area (Å²) in [6.07, 6.45) is 1.25. The number of phenols is 2. The molecular weight excluding hydrogens is 568 g/mol. The Kier molecular flexibility index (Phi) is 8.30. The van der Waals surface area contributed by atoms with Gasteiger partial charge in [0.25, 0.3) is 0 Å². The molecule has 0 saturated heterocycles. The molecular formula is C18H20Br4O2. The lowest BCUT2D eigenvalue weighted by Crippen LogP contribution is -2.20. The number of halogens is 4. The Morgan fingerprint density at radius 1 is 0.792 bits per heavy atom. The number of aromatic hydroxyl groups is 2. The minimum absolute atomic E-state index is 0.138. The summed E-state index contributed by atoms with van der Waals surface area (Å²) in [7, 11) is 0. The summed E-state index contributed by atoms with van der Waals surface area (Å²) in [4.78, 5) is 0. The molecule has 24 heavy (non-hydrogen) atoms. The van der Waals surface area contributed by atoms with Crippen molar-refractivity contribution in [2.24, 2.45) is 0 Å². The average Bonchev–Trinajstić information content (AvgIpc) is 2.52. The van der Waals surface area contributed by atoms with Crippen LogP contribution in [0.1, 0.15) is 45.2 Å². The highest BCUT2D eigenvalue weighted by molar-refractivity contribution is 9.14. The largest absolute Gasteiger partial charge is 0.508 e. The van der Waals surface area contributed by atoms with Crippen molar-refractivity contribution in [3.63, 3.8) is 0 Å². The van der Waals surface area contributed by atoms with Crippen LogP contribution in [0.5, 0.6) is 11.5 Å². The molecule has 0 spiro atoms. The quantitative estimate of drug-likeness (QED) is 0.351. The highest BCUT2D eigenvalue weighted by Gasteiger charge is 2.31. The predicted molar refractivity (Wildman–Crippen MR) is 115 cm³/mol. The zero-order chi connectivity index (χ0) is 18.7. The Bertz CT molecular complexity index is 681. The van der Waals surface area contributed by atoms with Crippen molar-refractivity contribution in [3.8, 4) is 11.5 Å². The minimum Gasteiger partial charge on any atom is -0.508 e. The molecule has 2 rings (SSSR count). The van der Waals surface area contributed by atoms with E-state index in [1.807, 2.05) is 12.1 Å². The highest BCUT2D eigenvalue weighted by atomic mass is 79.9. The van der Waals surface area contributed by atoms with E-state index in [-0.39, 0.29) is 16.9 Å². The van der Waals surface area contributed by atoms with Crippen LogP contribution in [-0.4, -0.2) is 10.2 Å². The van der Waals surface area contributed by atoms with E-state index in [4.69, 9.17) is 0 Å². The summed E-state index contributed by atoms with van der Waals surface area (Å²) in [5, 5.41) is 19.5. The summed E-state index contributed by atoms with van der Waals surface area (Å²) in [5.41, 5.74) is 1.69. The van der Waals surface area contributed by atoms with Crippen molar-refractivity contribution in [2.75, 3.05) is 0 Å². The lowest BCUT2D eigenvalue weighted by atomic mass is 9.78. The van der Waals surface area contributed by atoms with Gasteiger partial charge in [-0.25, -0.2) is 0 Å². The number of benzene rings is 2. The normalized spacial score (nSPS) is 11.0. The highest BCUT2D eigenvalue weighted by Crippen LogP contribution is 2.51. The third-order valence-corrected chi connectivity index (χ3v) is 7.65. The van der Waals surface area contributed by atoms with Crippen LogP contribution in [0.3, 0.4) is 0 Å². The molecule has 0 unspecified atom stereocenters. The summed E-state index contributed by atoms with van der Waals surface area (Å²) < 4.78 is 2.76. The molecule has 0 aromatic heterocycles. The molecule has 0 aliphatic rings. The van der Waals surface area contributed by atoms with Gasteiger partial charge in [0.2, 0.25) is 0 Å². The Hall–Kier alpha value is -0.0400. The van der Waals surface area contributed by atoms with E-state index < -0.39 is 0 Å². The first-order valence-electron chi connectivity index (χ1n) is 7.44. The number of hydrogen-bond donors (Lipinski definition) is 2. The fourth-order valence-corrected chi connectivity index (χ4v) is 5.28. The number of hydrogen-bond acceptors (Lipinski definition) is 2. The van der Waals surface area contributed by atoms with Crippen molar-refractivity contribution in [1.82, 2.24) is 0 Å². The van der Waals surface area contributed by atoms with E-state index in [2.05, 4.69) is 91.4 Å². The second-order valence-electron chi connectivity index (χ2n) is 5.86. The van der Waals surface area contributed by atoms with Gasteiger partial charge >= 0.3 is 0 Å². The lowest BCUT2D eigenvalue weighted by Gasteiger charge is -2.30. The van der Waals surface area contributed by atoms with Crippen molar-refractivity contribution < 1.29 is 10.2 Å². The summed E-state index contributed by atoms with van der Waals surface area (Å²) >= 11 is 13.9. The Morgan fingerprint density at radius 2 is 1.17 bits per heavy atom. The van der Waals surface area contributed by atoms with Crippen LogP contribution in [0.4, 0.5) is 0 Å². The van der Waals surface area contributed by atoms with Gasteiger partial charge in [-0.1, -0.05) is 46.2 Å². The van der Waals surface area contributed by atoms with Crippen molar-refractivity contribution in [1.29, 1.82) is 0 Å². The standard InChI is InChI=1S/C15H12Br4O2.C3H8/c1-15(2,7-3-5-8(20)6-4-7)9-10(16)12(18)14(21)13(19)11(9)17;1-3-2/h3-6,20-21H,1-2H3;3H2,1-2H3. The first-order valence-corrected chi connectivity index (χ1v) is 10.6. The summed E-state index contributed by atoms with van der Waals surface area (Å²) in [6.45, 7) is 8.42. The molecule has 0 radical (unpaired) electrons. The zero-order valence-electron chi connectivity index (χ0n) is 13.9. The van der Waals surface area contributed by atoms with E-state index in [1.165, 1.54) is 6.42 Å². The smallest absolute Gasteiger partial charge is 0.146 e. The first-order chi connectivity index (χ1) is 11.1. The first kappa shape index (κ1) is 22.0. The second-order valence-corrected chi connectivity index (χ2v) is 9.03. The summed E-state index contributed by atoms with van der Waals surface area (Å²) in [6, 6.07) is 7.12. The lowest BCUT2D eigenvalue weighted by molar-refractivity contribution is 0.466. The van der Waals surface area contributed by atoms with E-state index in [1.54, 1.807) is 12.1 Å². The van der Waals surface area contributed by atoms with Gasteiger partial charge in [0.1, 0.15) is 11.5 Å². The fraction of sp³-hybridized carbons (Fsp3) is 0.333. The maximum Gasteiger partial charge on any atom is 0.146 e. The SMILES string of the molecule is CC(C)(c1ccc(O)cc1)c1c(Br)c(Br)c(O)c(Br)c1Br.CCC. The number of phenolic OH excluding ortho intramolecular Hbond substituents is 2. The van der Waals surface area contributed by atoms with Crippen LogP contribution in [0.25, 0.3) is 0 Å². The van der Waals surface area contributed by atoms with Crippen molar-refractivity contribution in [2.45, 2.75) is 39.5 Å². The molecule has 0 aliphatic carbocycles. The summed E-state index contributed by atoms with van der Waals surface area (Å²) in [5.74, 6) is 0.375. The third kappa shape index (κ3) is 4.57. The van der Waals surface area contributed by atoms with E-state index >= 15 is 0 Å². The molecule has 0 aliphatic heterocycles. The molecule has 2 nitrogen and oxygen atoms in total. The fourth-order valence-electron chi connectivity index (χ4n) is 2.19. The van der Waals surface area contributed by atoms with Crippen LogP contribution in [-0.2, 0) is 5.41 Å². The topological polar surface area (TPSA) is 40.5 Å². The van der Waals surface area contributed by atoms with Crippen LogP contribution >= 0.6 is 63.7 Å². The second kappa shape index (κ2) is 9.06. The van der Waals surface area contributed by atoms with Gasteiger partial charge in [-0.3, -0.25) is 0 Å². The van der Waals surface area contributed by atoms with Crippen molar-refractivity contribution in [3.05, 3.63) is 53.3 Å². The molecule has 2 aromatic rings. The Labute approximate surface area is 177 Å². The molecule has 2 N–H and O–H groups in total. The van der Waals surface area contributed by atoms with E-state index in [0.29, 0.717) is 8.95 Å². The molecule has 0 bridgehead atoms. The van der Waals surface area contributed by atoms with Gasteiger partial charge in [0, 0.05) is 14.4 Å². The minimum atomic E-state index is -0.343. The van der Waals surface area contributed by atoms with Gasteiger partial charge in [-0.2, -0.15) is 0 Å². The van der Waals surface area contributed by atoms with Gasteiger partial charge in [-0.05, 0) is 87.0 Å². The van der Waals surface area contributed by atoms with Gasteiger partial charge in [-0.15, -0.1) is 0 Å². The monoisotopic (exact) mass is 584 g/mol. The predicted octanol–water partition coefficient (Wildman–Crippen LogP) is 7.89. The number of rotatable bonds is 2. The molecule has 0 atom stereocenters. The van der Waals surface area contributed by atoms with Gasteiger partial charge in [0.05, 0.1) is 8.95 Å². The average molecular weight is 588 g/mol. The van der Waals surface area contributed by atoms with Crippen LogP contribution < -0.4 is 0 Å². The maximum absolute atomic E-state index is 10.1. The van der Waals surface area contributed by atoms with Crippen molar-refractivity contribution >= 4 is 63.7 Å². The molecule has 0 heterocycles. The van der Waals surface area contributed by atoms with Gasteiger partial charge < -0.3 is 10.2 Å².